The number of carbonyl (C=O) groups is 1. The molecule has 2 aromatic heterocycles. The van der Waals surface area contributed by atoms with E-state index < -0.39 is 5.97 Å². The second kappa shape index (κ2) is 7.01. The van der Waals surface area contributed by atoms with Crippen LogP contribution in [0.3, 0.4) is 0 Å². The molecule has 1 aromatic carbocycles. The molecule has 134 valence electrons. The van der Waals surface area contributed by atoms with Gasteiger partial charge in [0.1, 0.15) is 17.0 Å². The Hall–Kier alpha value is -3.13. The van der Waals surface area contributed by atoms with Crippen LogP contribution in [0.5, 0.6) is 5.75 Å². The molecule has 8 nitrogen and oxygen atoms in total. The summed E-state index contributed by atoms with van der Waals surface area (Å²) in [5.41, 5.74) is 1.90. The summed E-state index contributed by atoms with van der Waals surface area (Å²) in [5, 5.41) is 17.1. The minimum Gasteiger partial charge on any atom is -0.494 e. The van der Waals surface area contributed by atoms with E-state index in [-0.39, 0.29) is 10.7 Å². The number of methoxy groups -OCH3 is 1. The number of nitrogens with one attached hydrogen (secondary N) is 1. The third-order valence-corrected chi connectivity index (χ3v) is 3.91. The van der Waals surface area contributed by atoms with Gasteiger partial charge in [0.2, 0.25) is 0 Å². The van der Waals surface area contributed by atoms with E-state index in [9.17, 15) is 9.90 Å². The zero-order valence-corrected chi connectivity index (χ0v) is 15.1. The number of anilines is 2. The molecule has 0 saturated carbocycles. The van der Waals surface area contributed by atoms with Crippen LogP contribution < -0.4 is 10.1 Å². The standard InChI is InChI=1S/C17H16ClN5O3/c1-9-14(17(24)25)12(7-13(18)20-9)21-11-6-4-5-10(15(11)26-3)16-19-8-23(2)22-16/h4-8H,1-3H3,(H,20,21)(H,24,25). The van der Waals surface area contributed by atoms with Gasteiger partial charge in [-0.1, -0.05) is 17.7 Å². The van der Waals surface area contributed by atoms with Crippen molar-refractivity contribution >= 4 is 28.9 Å². The minimum atomic E-state index is -1.10. The molecule has 9 heteroatoms. The van der Waals surface area contributed by atoms with Crippen molar-refractivity contribution in [2.24, 2.45) is 7.05 Å². The number of benzene rings is 1. The predicted molar refractivity (Wildman–Crippen MR) is 97.2 cm³/mol. The molecule has 0 aliphatic heterocycles. The summed E-state index contributed by atoms with van der Waals surface area (Å²) in [6.45, 7) is 1.59. The molecule has 0 aliphatic rings. The van der Waals surface area contributed by atoms with E-state index in [0.717, 1.165) is 0 Å². The van der Waals surface area contributed by atoms with Gasteiger partial charge in [-0.2, -0.15) is 5.10 Å². The number of pyridine rings is 1. The first-order valence-electron chi connectivity index (χ1n) is 7.61. The van der Waals surface area contributed by atoms with Gasteiger partial charge in [0, 0.05) is 7.05 Å². The van der Waals surface area contributed by atoms with Crippen LogP contribution in [0.2, 0.25) is 5.15 Å². The lowest BCUT2D eigenvalue weighted by molar-refractivity contribution is 0.0696. The summed E-state index contributed by atoms with van der Waals surface area (Å²) in [5.74, 6) is -0.119. The molecule has 0 radical (unpaired) electrons. The van der Waals surface area contributed by atoms with E-state index in [1.54, 1.807) is 37.1 Å². The van der Waals surface area contributed by atoms with Crippen LogP contribution in [-0.2, 0) is 7.05 Å². The zero-order chi connectivity index (χ0) is 18.8. The Morgan fingerprint density at radius 3 is 2.73 bits per heavy atom. The van der Waals surface area contributed by atoms with Gasteiger partial charge in [-0.3, -0.25) is 4.68 Å². The highest BCUT2D eigenvalue weighted by Crippen LogP contribution is 2.37. The van der Waals surface area contributed by atoms with E-state index in [0.29, 0.717) is 34.2 Å². The molecule has 0 fully saturated rings. The highest BCUT2D eigenvalue weighted by atomic mass is 35.5. The Morgan fingerprint density at radius 1 is 1.35 bits per heavy atom. The number of carboxylic acid groups (broad SMARTS) is 1. The number of carboxylic acids is 1. The van der Waals surface area contributed by atoms with Gasteiger partial charge in [0.05, 0.1) is 29.7 Å². The van der Waals surface area contributed by atoms with E-state index in [2.05, 4.69) is 20.4 Å². The van der Waals surface area contributed by atoms with Crippen LogP contribution in [0.15, 0.2) is 30.6 Å². The Bertz CT molecular complexity index is 987. The second-order valence-electron chi connectivity index (χ2n) is 5.51. The van der Waals surface area contributed by atoms with E-state index in [1.807, 2.05) is 6.07 Å². The molecule has 2 heterocycles. The summed E-state index contributed by atoms with van der Waals surface area (Å²) >= 11 is 6.00. The maximum Gasteiger partial charge on any atom is 0.339 e. The van der Waals surface area contributed by atoms with E-state index >= 15 is 0 Å². The monoisotopic (exact) mass is 373 g/mol. The van der Waals surface area contributed by atoms with Crippen molar-refractivity contribution in [3.05, 3.63) is 47.0 Å². The van der Waals surface area contributed by atoms with Gasteiger partial charge in [0.15, 0.2) is 11.6 Å². The van der Waals surface area contributed by atoms with Crippen LogP contribution in [-0.4, -0.2) is 37.9 Å². The molecular formula is C17H16ClN5O3. The van der Waals surface area contributed by atoms with Gasteiger partial charge in [-0.15, -0.1) is 0 Å². The first-order chi connectivity index (χ1) is 12.4. The quantitative estimate of drug-likeness (QED) is 0.661. The van der Waals surface area contributed by atoms with Crippen molar-refractivity contribution in [1.29, 1.82) is 0 Å². The van der Waals surface area contributed by atoms with Crippen LogP contribution in [0.4, 0.5) is 11.4 Å². The van der Waals surface area contributed by atoms with E-state index in [4.69, 9.17) is 16.3 Å². The first kappa shape index (κ1) is 17.7. The lowest BCUT2D eigenvalue weighted by atomic mass is 10.1. The molecule has 3 rings (SSSR count). The minimum absolute atomic E-state index is 0.0396. The summed E-state index contributed by atoms with van der Waals surface area (Å²) in [6, 6.07) is 6.85. The predicted octanol–water partition coefficient (Wildman–Crippen LogP) is 3.29. The number of hydrogen-bond donors (Lipinski definition) is 2. The number of aromatic nitrogens is 4. The molecule has 26 heavy (non-hydrogen) atoms. The van der Waals surface area contributed by atoms with Crippen molar-refractivity contribution in [2.75, 3.05) is 12.4 Å². The van der Waals surface area contributed by atoms with Crippen molar-refractivity contribution in [3.8, 4) is 17.1 Å². The van der Waals surface area contributed by atoms with Gasteiger partial charge < -0.3 is 15.2 Å². The average Bonchev–Trinajstić information content (AvgIpc) is 3.00. The second-order valence-corrected chi connectivity index (χ2v) is 5.90. The molecule has 0 spiro atoms. The first-order valence-corrected chi connectivity index (χ1v) is 7.99. The maximum absolute atomic E-state index is 11.6. The van der Waals surface area contributed by atoms with Crippen molar-refractivity contribution in [1.82, 2.24) is 19.7 Å². The number of nitrogens with zero attached hydrogens (tertiary/aromatic N) is 4. The molecular weight excluding hydrogens is 358 g/mol. The zero-order valence-electron chi connectivity index (χ0n) is 14.3. The lowest BCUT2D eigenvalue weighted by Gasteiger charge is -2.16. The largest absolute Gasteiger partial charge is 0.494 e. The fourth-order valence-corrected chi connectivity index (χ4v) is 2.88. The fourth-order valence-electron chi connectivity index (χ4n) is 2.64. The maximum atomic E-state index is 11.6. The highest BCUT2D eigenvalue weighted by Gasteiger charge is 2.19. The Labute approximate surface area is 154 Å². The lowest BCUT2D eigenvalue weighted by Crippen LogP contribution is -2.08. The smallest absolute Gasteiger partial charge is 0.339 e. The molecule has 3 aromatic rings. The number of aromatic carboxylic acids is 1. The number of para-hydroxylation sites is 1. The van der Waals surface area contributed by atoms with Crippen molar-refractivity contribution in [3.63, 3.8) is 0 Å². The summed E-state index contributed by atoms with van der Waals surface area (Å²) in [6.07, 6.45) is 1.59. The molecule has 0 aliphatic carbocycles. The highest BCUT2D eigenvalue weighted by molar-refractivity contribution is 6.30. The van der Waals surface area contributed by atoms with Crippen LogP contribution in [0.25, 0.3) is 11.4 Å². The molecule has 0 bridgehead atoms. The number of halogens is 1. The van der Waals surface area contributed by atoms with Crippen molar-refractivity contribution < 1.29 is 14.6 Å². The normalized spacial score (nSPS) is 10.6. The fraction of sp³-hybridized carbons (Fsp3) is 0.176. The summed E-state index contributed by atoms with van der Waals surface area (Å²) in [7, 11) is 3.29. The topological polar surface area (TPSA) is 102 Å². The molecule has 0 atom stereocenters. The Kier molecular flexibility index (Phi) is 4.77. The third-order valence-electron chi connectivity index (χ3n) is 3.71. The Balaban J connectivity index is 2.11. The summed E-state index contributed by atoms with van der Waals surface area (Å²) in [4.78, 5) is 19.8. The number of rotatable bonds is 5. The van der Waals surface area contributed by atoms with Crippen LogP contribution in [0.1, 0.15) is 16.1 Å². The van der Waals surface area contributed by atoms with Gasteiger partial charge in [-0.25, -0.2) is 14.8 Å². The number of hydrogen-bond acceptors (Lipinski definition) is 6. The van der Waals surface area contributed by atoms with E-state index in [1.165, 1.54) is 13.2 Å². The molecule has 2 N–H and O–H groups in total. The molecule has 0 amide bonds. The van der Waals surface area contributed by atoms with Gasteiger partial charge in [0.25, 0.3) is 0 Å². The number of ether oxygens (including phenoxy) is 1. The SMILES string of the molecule is COc1c(Nc2cc(Cl)nc(C)c2C(=O)O)cccc1-c1ncn(C)n1. The molecule has 0 unspecified atom stereocenters. The average molecular weight is 374 g/mol. The van der Waals surface area contributed by atoms with Crippen LogP contribution >= 0.6 is 11.6 Å². The van der Waals surface area contributed by atoms with Gasteiger partial charge >= 0.3 is 5.97 Å². The third kappa shape index (κ3) is 3.31. The number of aryl methyl sites for hydroxylation is 2. The molecule has 0 saturated heterocycles. The van der Waals surface area contributed by atoms with Crippen LogP contribution in [0, 0.1) is 6.92 Å². The Morgan fingerprint density at radius 2 is 2.12 bits per heavy atom. The van der Waals surface area contributed by atoms with Gasteiger partial charge in [-0.05, 0) is 25.1 Å². The van der Waals surface area contributed by atoms with Crippen molar-refractivity contribution in [2.45, 2.75) is 6.92 Å². The summed E-state index contributed by atoms with van der Waals surface area (Å²) < 4.78 is 7.11.